The van der Waals surface area contributed by atoms with Gasteiger partial charge in [0.1, 0.15) is 6.61 Å². The molecule has 1 saturated heterocycles. The van der Waals surface area contributed by atoms with Crippen LogP contribution in [-0.2, 0) is 11.3 Å². The van der Waals surface area contributed by atoms with Crippen molar-refractivity contribution >= 4 is 17.6 Å². The van der Waals surface area contributed by atoms with Gasteiger partial charge in [-0.1, -0.05) is 48.5 Å². The largest absolute Gasteiger partial charge is 0.478 e. The quantitative estimate of drug-likeness (QED) is 0.836. The van der Waals surface area contributed by atoms with Gasteiger partial charge in [-0.2, -0.15) is 0 Å². The van der Waals surface area contributed by atoms with E-state index < -0.39 is 5.97 Å². The Kier molecular flexibility index (Phi) is 5.15. The molecule has 2 atom stereocenters. The molecule has 2 bridgehead atoms. The maximum atomic E-state index is 12.8. The summed E-state index contributed by atoms with van der Waals surface area (Å²) in [5, 5.41) is 9.07. The minimum Gasteiger partial charge on any atom is -0.478 e. The number of carboxylic acids is 1. The highest BCUT2D eigenvalue weighted by Crippen LogP contribution is 2.37. The second-order valence-electron chi connectivity index (χ2n) is 7.38. The molecule has 2 heterocycles. The van der Waals surface area contributed by atoms with E-state index in [1.807, 2.05) is 47.4 Å². The number of rotatable bonds is 4. The SMILES string of the molecule is O=C(O)c1ccc(C2=CC3CCCC(C2)N3C(=O)OCc2ccccc2)cc1. The highest BCUT2D eigenvalue weighted by molar-refractivity contribution is 5.88. The van der Waals surface area contributed by atoms with Crippen molar-refractivity contribution in [2.45, 2.75) is 44.4 Å². The molecule has 0 radical (unpaired) electrons. The van der Waals surface area contributed by atoms with Crippen molar-refractivity contribution in [1.29, 1.82) is 0 Å². The Morgan fingerprint density at radius 2 is 1.79 bits per heavy atom. The first-order valence-electron chi connectivity index (χ1n) is 9.65. The number of amides is 1. The van der Waals surface area contributed by atoms with Crippen LogP contribution >= 0.6 is 0 Å². The Labute approximate surface area is 164 Å². The number of carboxylic acid groups (broad SMARTS) is 1. The van der Waals surface area contributed by atoms with Crippen molar-refractivity contribution in [3.8, 4) is 0 Å². The third-order valence-electron chi connectivity index (χ3n) is 5.56. The van der Waals surface area contributed by atoms with E-state index in [0.29, 0.717) is 0 Å². The molecule has 4 rings (SSSR count). The molecule has 28 heavy (non-hydrogen) atoms. The smallest absolute Gasteiger partial charge is 0.410 e. The van der Waals surface area contributed by atoms with Crippen LogP contribution in [0.2, 0.25) is 0 Å². The highest BCUT2D eigenvalue weighted by Gasteiger charge is 2.38. The number of ether oxygens (including phenoxy) is 1. The predicted octanol–water partition coefficient (Wildman–Crippen LogP) is 4.73. The van der Waals surface area contributed by atoms with Gasteiger partial charge >= 0.3 is 12.1 Å². The average Bonchev–Trinajstić information content (AvgIpc) is 2.72. The summed E-state index contributed by atoms with van der Waals surface area (Å²) in [7, 11) is 0. The topological polar surface area (TPSA) is 66.8 Å². The second-order valence-corrected chi connectivity index (χ2v) is 7.38. The van der Waals surface area contributed by atoms with Crippen LogP contribution in [0.15, 0.2) is 60.7 Å². The van der Waals surface area contributed by atoms with E-state index in [0.717, 1.165) is 36.8 Å². The summed E-state index contributed by atoms with van der Waals surface area (Å²) in [5.41, 5.74) is 3.47. The van der Waals surface area contributed by atoms with Crippen molar-refractivity contribution < 1.29 is 19.4 Å². The number of piperidine rings is 1. The summed E-state index contributed by atoms with van der Waals surface area (Å²) in [6, 6.07) is 16.8. The van der Waals surface area contributed by atoms with Gasteiger partial charge in [-0.3, -0.25) is 4.90 Å². The van der Waals surface area contributed by atoms with E-state index in [2.05, 4.69) is 6.08 Å². The van der Waals surface area contributed by atoms with Crippen LogP contribution in [0.5, 0.6) is 0 Å². The van der Waals surface area contributed by atoms with Crippen LogP contribution < -0.4 is 0 Å². The lowest BCUT2D eigenvalue weighted by atomic mass is 9.83. The molecule has 2 aromatic carbocycles. The van der Waals surface area contributed by atoms with Crippen molar-refractivity contribution in [3.63, 3.8) is 0 Å². The first-order valence-corrected chi connectivity index (χ1v) is 9.65. The molecule has 2 aliphatic heterocycles. The van der Waals surface area contributed by atoms with Crippen molar-refractivity contribution in [2.75, 3.05) is 0 Å². The van der Waals surface area contributed by atoms with Gasteiger partial charge in [0.2, 0.25) is 0 Å². The summed E-state index contributed by atoms with van der Waals surface area (Å²) in [6.07, 6.45) is 5.64. The van der Waals surface area contributed by atoms with Crippen molar-refractivity contribution in [2.24, 2.45) is 0 Å². The normalized spacial score (nSPS) is 21.0. The molecule has 2 unspecified atom stereocenters. The van der Waals surface area contributed by atoms with Gasteiger partial charge in [0.15, 0.2) is 0 Å². The Morgan fingerprint density at radius 3 is 2.46 bits per heavy atom. The predicted molar refractivity (Wildman–Crippen MR) is 106 cm³/mol. The third kappa shape index (κ3) is 3.79. The van der Waals surface area contributed by atoms with E-state index in [1.54, 1.807) is 12.1 Å². The van der Waals surface area contributed by atoms with Crippen LogP contribution in [0.1, 0.15) is 47.2 Å². The first kappa shape index (κ1) is 18.3. The molecule has 0 saturated carbocycles. The number of nitrogens with zero attached hydrogens (tertiary/aromatic N) is 1. The molecular formula is C23H23NO4. The number of benzene rings is 2. The lowest BCUT2D eigenvalue weighted by Gasteiger charge is -2.44. The van der Waals surface area contributed by atoms with Crippen LogP contribution in [0, 0.1) is 0 Å². The second kappa shape index (κ2) is 7.89. The van der Waals surface area contributed by atoms with Gasteiger partial charge in [0, 0.05) is 6.04 Å². The zero-order valence-corrected chi connectivity index (χ0v) is 15.6. The van der Waals surface area contributed by atoms with E-state index in [1.165, 1.54) is 5.57 Å². The first-order chi connectivity index (χ1) is 13.6. The standard InChI is InChI=1S/C23H23NO4/c25-22(26)18-11-9-17(10-12-18)19-13-20-7-4-8-21(14-19)24(20)23(27)28-15-16-5-2-1-3-6-16/h1-3,5-6,9-13,20-21H,4,7-8,14-15H2,(H,25,26). The fourth-order valence-electron chi connectivity index (χ4n) is 4.15. The maximum absolute atomic E-state index is 12.8. The number of carbonyl (C=O) groups is 2. The minimum absolute atomic E-state index is 0.0323. The third-order valence-corrected chi connectivity index (χ3v) is 5.56. The zero-order chi connectivity index (χ0) is 19.5. The number of carbonyl (C=O) groups excluding carboxylic acids is 1. The number of fused-ring (bicyclic) bond motifs is 2. The monoisotopic (exact) mass is 377 g/mol. The molecule has 1 amide bonds. The van der Waals surface area contributed by atoms with Gasteiger partial charge in [0.25, 0.3) is 0 Å². The van der Waals surface area contributed by atoms with Crippen molar-refractivity contribution in [3.05, 3.63) is 77.4 Å². The van der Waals surface area contributed by atoms with Crippen molar-refractivity contribution in [1.82, 2.24) is 4.90 Å². The minimum atomic E-state index is -0.923. The van der Waals surface area contributed by atoms with Crippen LogP contribution in [0.4, 0.5) is 4.79 Å². The molecule has 2 aromatic rings. The lowest BCUT2D eigenvalue weighted by molar-refractivity contribution is 0.0510. The van der Waals surface area contributed by atoms with E-state index in [9.17, 15) is 9.59 Å². The summed E-state index contributed by atoms with van der Waals surface area (Å²) >= 11 is 0. The fourth-order valence-corrected chi connectivity index (χ4v) is 4.15. The molecule has 0 spiro atoms. The van der Waals surface area contributed by atoms with E-state index in [-0.39, 0.29) is 30.3 Å². The van der Waals surface area contributed by atoms with Gasteiger partial charge in [0.05, 0.1) is 11.6 Å². The molecule has 0 aliphatic carbocycles. The molecule has 5 nitrogen and oxygen atoms in total. The van der Waals surface area contributed by atoms with Gasteiger partial charge < -0.3 is 9.84 Å². The summed E-state index contributed by atoms with van der Waals surface area (Å²) in [6.45, 7) is 0.281. The van der Waals surface area contributed by atoms with Gasteiger partial charge in [-0.15, -0.1) is 0 Å². The number of aromatic carboxylic acids is 1. The highest BCUT2D eigenvalue weighted by atomic mass is 16.6. The fraction of sp³-hybridized carbons (Fsp3) is 0.304. The van der Waals surface area contributed by atoms with Gasteiger partial charge in [-0.25, -0.2) is 9.59 Å². The Morgan fingerprint density at radius 1 is 1.04 bits per heavy atom. The van der Waals surface area contributed by atoms with E-state index >= 15 is 0 Å². The average molecular weight is 377 g/mol. The summed E-state index contributed by atoms with van der Waals surface area (Å²) in [5.74, 6) is -0.923. The Balaban J connectivity index is 1.49. The zero-order valence-electron chi connectivity index (χ0n) is 15.6. The maximum Gasteiger partial charge on any atom is 0.410 e. The molecule has 144 valence electrons. The van der Waals surface area contributed by atoms with Crippen LogP contribution in [0.3, 0.4) is 0 Å². The van der Waals surface area contributed by atoms with Crippen LogP contribution in [-0.4, -0.2) is 34.2 Å². The summed E-state index contributed by atoms with van der Waals surface area (Å²) < 4.78 is 5.58. The van der Waals surface area contributed by atoms with Crippen LogP contribution in [0.25, 0.3) is 5.57 Å². The molecule has 5 heteroatoms. The molecular weight excluding hydrogens is 354 g/mol. The van der Waals surface area contributed by atoms with Gasteiger partial charge in [-0.05, 0) is 54.5 Å². The molecule has 1 fully saturated rings. The molecule has 0 aromatic heterocycles. The lowest BCUT2D eigenvalue weighted by Crippen LogP contribution is -2.51. The van der Waals surface area contributed by atoms with E-state index in [4.69, 9.17) is 9.84 Å². The molecule has 2 aliphatic rings. The Bertz CT molecular complexity index is 889. The Hall–Kier alpha value is -3.08. The number of hydrogen-bond donors (Lipinski definition) is 1. The summed E-state index contributed by atoms with van der Waals surface area (Å²) in [4.78, 5) is 25.7. The number of hydrogen-bond acceptors (Lipinski definition) is 3. The molecule has 1 N–H and O–H groups in total.